The molecule has 2 heterocycles. The highest BCUT2D eigenvalue weighted by atomic mass is 32.1. The van der Waals surface area contributed by atoms with E-state index in [9.17, 15) is 9.59 Å². The third-order valence-electron chi connectivity index (χ3n) is 2.66. The van der Waals surface area contributed by atoms with Gasteiger partial charge in [0.05, 0.1) is 11.4 Å². The third kappa shape index (κ3) is 3.76. The molecule has 0 saturated heterocycles. The number of H-pyrrole nitrogens is 1. The van der Waals surface area contributed by atoms with E-state index in [0.717, 1.165) is 6.08 Å². The summed E-state index contributed by atoms with van der Waals surface area (Å²) < 4.78 is 0. The Labute approximate surface area is 124 Å². The minimum Gasteiger partial charge on any atom is -0.478 e. The average Bonchev–Trinajstić information content (AvgIpc) is 3.04. The van der Waals surface area contributed by atoms with Gasteiger partial charge in [0.25, 0.3) is 5.91 Å². The summed E-state index contributed by atoms with van der Waals surface area (Å²) in [6.07, 6.45) is 2.42. The van der Waals surface area contributed by atoms with Crippen molar-refractivity contribution in [2.75, 3.05) is 7.05 Å². The average molecular weight is 306 g/mol. The Morgan fingerprint density at radius 2 is 2.29 bits per heavy atom. The number of rotatable bonds is 5. The third-order valence-corrected chi connectivity index (χ3v) is 3.58. The lowest BCUT2D eigenvalue weighted by atomic mass is 10.2. The van der Waals surface area contributed by atoms with Gasteiger partial charge in [-0.3, -0.25) is 9.89 Å². The van der Waals surface area contributed by atoms with E-state index in [1.165, 1.54) is 22.3 Å². The number of carbonyl (C=O) groups excluding carboxylic acids is 1. The predicted molar refractivity (Wildman–Crippen MR) is 77.9 cm³/mol. The zero-order chi connectivity index (χ0) is 15.4. The van der Waals surface area contributed by atoms with Crippen LogP contribution in [0.2, 0.25) is 0 Å². The molecule has 0 unspecified atom stereocenters. The van der Waals surface area contributed by atoms with Crippen LogP contribution in [0.15, 0.2) is 17.5 Å². The van der Waals surface area contributed by atoms with Gasteiger partial charge in [0.1, 0.15) is 5.82 Å². The minimum absolute atomic E-state index is 0.197. The molecule has 0 bridgehead atoms. The highest BCUT2D eigenvalue weighted by Crippen LogP contribution is 2.20. The number of hydrogen-bond donors (Lipinski definition) is 2. The van der Waals surface area contributed by atoms with Crippen LogP contribution in [0.25, 0.3) is 6.08 Å². The van der Waals surface area contributed by atoms with Crippen molar-refractivity contribution in [3.05, 3.63) is 39.6 Å². The summed E-state index contributed by atoms with van der Waals surface area (Å²) in [6, 6.07) is 1.71. The number of thiophene rings is 1. The van der Waals surface area contributed by atoms with Crippen molar-refractivity contribution in [1.82, 2.24) is 20.1 Å². The summed E-state index contributed by atoms with van der Waals surface area (Å²) in [5, 5.41) is 17.1. The molecule has 110 valence electrons. The Morgan fingerprint density at radius 3 is 2.90 bits per heavy atom. The summed E-state index contributed by atoms with van der Waals surface area (Å²) in [6.45, 7) is 2.07. The van der Waals surface area contributed by atoms with Crippen molar-refractivity contribution >= 4 is 29.3 Å². The fraction of sp³-hybridized carbons (Fsp3) is 0.231. The molecule has 2 N–H and O–H groups in total. The molecule has 8 heteroatoms. The van der Waals surface area contributed by atoms with Crippen molar-refractivity contribution < 1.29 is 14.7 Å². The standard InChI is InChI=1S/C13H14N4O3S/c1-8-14-10(16-15-8)7-17(2)13(20)12-9(5-6-21-12)3-4-11(18)19/h3-6H,7H2,1-2H3,(H,18,19)(H,14,15,16). The summed E-state index contributed by atoms with van der Waals surface area (Å²) in [7, 11) is 1.65. The number of carbonyl (C=O) groups is 2. The number of carboxylic acids is 1. The molecule has 0 aliphatic carbocycles. The zero-order valence-corrected chi connectivity index (χ0v) is 12.3. The Balaban J connectivity index is 2.12. The van der Waals surface area contributed by atoms with Crippen molar-refractivity contribution in [2.45, 2.75) is 13.5 Å². The molecule has 1 amide bonds. The van der Waals surface area contributed by atoms with Crippen LogP contribution in [0, 0.1) is 6.92 Å². The van der Waals surface area contributed by atoms with Crippen LogP contribution in [-0.4, -0.2) is 44.1 Å². The first kappa shape index (κ1) is 14.9. The number of aliphatic carboxylic acids is 1. The molecule has 2 rings (SSSR count). The number of nitrogens with one attached hydrogen (secondary N) is 1. The molecule has 0 radical (unpaired) electrons. The quantitative estimate of drug-likeness (QED) is 0.816. The fourth-order valence-electron chi connectivity index (χ4n) is 1.70. The minimum atomic E-state index is -1.05. The van der Waals surface area contributed by atoms with Crippen LogP contribution < -0.4 is 0 Å². The molecule has 0 aromatic carbocycles. The van der Waals surface area contributed by atoms with Crippen LogP contribution in [0.5, 0.6) is 0 Å². The van der Waals surface area contributed by atoms with Crippen LogP contribution in [0.1, 0.15) is 26.9 Å². The Bertz CT molecular complexity index is 689. The van der Waals surface area contributed by atoms with E-state index in [2.05, 4.69) is 15.2 Å². The lowest BCUT2D eigenvalue weighted by molar-refractivity contribution is -0.131. The summed E-state index contributed by atoms with van der Waals surface area (Å²) in [5.74, 6) is -0.0313. The van der Waals surface area contributed by atoms with Gasteiger partial charge in [-0.15, -0.1) is 11.3 Å². The van der Waals surface area contributed by atoms with Gasteiger partial charge in [-0.25, -0.2) is 9.78 Å². The molecular weight excluding hydrogens is 292 g/mol. The number of nitrogens with zero attached hydrogens (tertiary/aromatic N) is 3. The number of aryl methyl sites for hydroxylation is 1. The maximum atomic E-state index is 12.4. The van der Waals surface area contributed by atoms with E-state index in [1.54, 1.807) is 25.4 Å². The van der Waals surface area contributed by atoms with E-state index in [1.807, 2.05) is 0 Å². The lowest BCUT2D eigenvalue weighted by Crippen LogP contribution is -2.26. The maximum absolute atomic E-state index is 12.4. The summed E-state index contributed by atoms with van der Waals surface area (Å²) in [5.41, 5.74) is 0.588. The molecule has 0 saturated carbocycles. The smallest absolute Gasteiger partial charge is 0.328 e. The van der Waals surface area contributed by atoms with E-state index in [-0.39, 0.29) is 12.5 Å². The fourth-order valence-corrected chi connectivity index (χ4v) is 2.58. The second kappa shape index (κ2) is 6.31. The second-order valence-corrected chi connectivity index (χ2v) is 5.29. The molecule has 0 atom stereocenters. The van der Waals surface area contributed by atoms with Gasteiger partial charge in [-0.2, -0.15) is 5.10 Å². The molecule has 0 aliphatic rings. The van der Waals surface area contributed by atoms with Gasteiger partial charge in [0.15, 0.2) is 5.82 Å². The first-order valence-electron chi connectivity index (χ1n) is 6.09. The van der Waals surface area contributed by atoms with E-state index in [4.69, 9.17) is 5.11 Å². The monoisotopic (exact) mass is 306 g/mol. The molecule has 7 nitrogen and oxygen atoms in total. The highest BCUT2D eigenvalue weighted by Gasteiger charge is 2.17. The Kier molecular flexibility index (Phi) is 4.49. The topological polar surface area (TPSA) is 99.2 Å². The number of amides is 1. The van der Waals surface area contributed by atoms with Gasteiger partial charge in [0.2, 0.25) is 0 Å². The number of hydrogen-bond acceptors (Lipinski definition) is 5. The molecule has 0 spiro atoms. The molecule has 2 aromatic heterocycles. The number of aromatic nitrogens is 3. The van der Waals surface area contributed by atoms with Crippen molar-refractivity contribution in [3.63, 3.8) is 0 Å². The second-order valence-electron chi connectivity index (χ2n) is 4.37. The highest BCUT2D eigenvalue weighted by molar-refractivity contribution is 7.12. The number of aromatic amines is 1. The molecule has 0 fully saturated rings. The molecule has 0 aliphatic heterocycles. The SMILES string of the molecule is Cc1nc(CN(C)C(=O)c2sccc2C=CC(=O)O)n[nH]1. The van der Waals surface area contributed by atoms with Crippen LogP contribution in [0.4, 0.5) is 0 Å². The molecule has 2 aromatic rings. The summed E-state index contributed by atoms with van der Waals surface area (Å²) >= 11 is 1.27. The van der Waals surface area contributed by atoms with Gasteiger partial charge >= 0.3 is 5.97 Å². The zero-order valence-electron chi connectivity index (χ0n) is 11.5. The lowest BCUT2D eigenvalue weighted by Gasteiger charge is -2.14. The Morgan fingerprint density at radius 1 is 1.52 bits per heavy atom. The van der Waals surface area contributed by atoms with E-state index >= 15 is 0 Å². The van der Waals surface area contributed by atoms with Crippen LogP contribution in [-0.2, 0) is 11.3 Å². The van der Waals surface area contributed by atoms with Gasteiger partial charge in [0, 0.05) is 13.1 Å². The summed E-state index contributed by atoms with van der Waals surface area (Å²) in [4.78, 5) is 29.1. The normalized spacial score (nSPS) is 11.0. The Hall–Kier alpha value is -2.48. The maximum Gasteiger partial charge on any atom is 0.328 e. The van der Waals surface area contributed by atoms with Crippen molar-refractivity contribution in [1.29, 1.82) is 0 Å². The van der Waals surface area contributed by atoms with Gasteiger partial charge < -0.3 is 10.0 Å². The van der Waals surface area contributed by atoms with Crippen molar-refractivity contribution in [3.8, 4) is 0 Å². The van der Waals surface area contributed by atoms with Crippen LogP contribution >= 0.6 is 11.3 Å². The van der Waals surface area contributed by atoms with E-state index in [0.29, 0.717) is 22.1 Å². The first-order valence-corrected chi connectivity index (χ1v) is 6.97. The van der Waals surface area contributed by atoms with Crippen LogP contribution in [0.3, 0.4) is 0 Å². The van der Waals surface area contributed by atoms with Gasteiger partial charge in [-0.05, 0) is 30.0 Å². The van der Waals surface area contributed by atoms with Crippen molar-refractivity contribution in [2.24, 2.45) is 0 Å². The largest absolute Gasteiger partial charge is 0.478 e. The first-order chi connectivity index (χ1) is 9.97. The van der Waals surface area contributed by atoms with E-state index < -0.39 is 5.97 Å². The molecule has 21 heavy (non-hydrogen) atoms. The number of carboxylic acid groups (broad SMARTS) is 1. The predicted octanol–water partition coefficient (Wildman–Crippen LogP) is 1.54. The van der Waals surface area contributed by atoms with Gasteiger partial charge in [-0.1, -0.05) is 0 Å². The molecular formula is C13H14N4O3S.